The van der Waals surface area contributed by atoms with E-state index >= 15 is 0 Å². The lowest BCUT2D eigenvalue weighted by Crippen LogP contribution is -2.22. The van der Waals surface area contributed by atoms with Crippen LogP contribution >= 0.6 is 15.9 Å². The Bertz CT molecular complexity index is 723. The summed E-state index contributed by atoms with van der Waals surface area (Å²) >= 11 is 3.34. The van der Waals surface area contributed by atoms with Crippen LogP contribution in [0.25, 0.3) is 0 Å². The molecule has 0 aliphatic heterocycles. The second kappa shape index (κ2) is 6.09. The van der Waals surface area contributed by atoms with E-state index in [-0.39, 0.29) is 11.5 Å². The number of hydrogen-bond acceptors (Lipinski definition) is 4. The van der Waals surface area contributed by atoms with Gasteiger partial charge >= 0.3 is 0 Å². The molecule has 2 heterocycles. The molecule has 7 heteroatoms. The lowest BCUT2D eigenvalue weighted by Gasteiger charge is -2.11. The predicted octanol–water partition coefficient (Wildman–Crippen LogP) is 1.99. The van der Waals surface area contributed by atoms with E-state index in [9.17, 15) is 9.59 Å². The Morgan fingerprint density at radius 1 is 1.38 bits per heavy atom. The summed E-state index contributed by atoms with van der Waals surface area (Å²) in [6.07, 6.45) is 3.16. The zero-order chi connectivity index (χ0) is 15.6. The molecule has 0 aromatic carbocycles. The summed E-state index contributed by atoms with van der Waals surface area (Å²) in [6, 6.07) is 5.01. The van der Waals surface area contributed by atoms with Gasteiger partial charge in [-0.15, -0.1) is 0 Å². The first kappa shape index (κ1) is 15.2. The lowest BCUT2D eigenvalue weighted by atomic mass is 10.2. The Morgan fingerprint density at radius 2 is 2.10 bits per heavy atom. The normalized spacial score (nSPS) is 10.3. The van der Waals surface area contributed by atoms with Gasteiger partial charge in [0.25, 0.3) is 11.5 Å². The number of pyridine rings is 2. The van der Waals surface area contributed by atoms with Crippen LogP contribution in [0.4, 0.5) is 11.5 Å². The number of rotatable bonds is 3. The fourth-order valence-corrected chi connectivity index (χ4v) is 2.29. The van der Waals surface area contributed by atoms with Crippen LogP contribution in [-0.2, 0) is 7.05 Å². The van der Waals surface area contributed by atoms with E-state index in [1.54, 1.807) is 45.5 Å². The van der Waals surface area contributed by atoms with Gasteiger partial charge in [0.1, 0.15) is 11.5 Å². The van der Waals surface area contributed by atoms with Gasteiger partial charge in [0, 0.05) is 38.0 Å². The first-order valence-corrected chi connectivity index (χ1v) is 6.98. The van der Waals surface area contributed by atoms with E-state index in [1.165, 1.54) is 15.7 Å². The molecular formula is C14H15BrN4O2. The van der Waals surface area contributed by atoms with Crippen LogP contribution in [0.3, 0.4) is 0 Å². The second-order valence-corrected chi connectivity index (χ2v) is 5.66. The Labute approximate surface area is 130 Å². The molecule has 0 aliphatic rings. The molecular weight excluding hydrogens is 336 g/mol. The number of carbonyl (C=O) groups is 1. The van der Waals surface area contributed by atoms with Gasteiger partial charge in [-0.25, -0.2) is 4.98 Å². The van der Waals surface area contributed by atoms with Gasteiger partial charge in [-0.05, 0) is 34.1 Å². The lowest BCUT2D eigenvalue weighted by molar-refractivity contribution is 0.0827. The van der Waals surface area contributed by atoms with Crippen LogP contribution < -0.4 is 10.9 Å². The maximum atomic E-state index is 12.0. The fourth-order valence-electron chi connectivity index (χ4n) is 1.75. The van der Waals surface area contributed by atoms with E-state index in [4.69, 9.17) is 0 Å². The topological polar surface area (TPSA) is 67.2 Å². The van der Waals surface area contributed by atoms with Gasteiger partial charge in [0.2, 0.25) is 0 Å². The standard InChI is InChI=1S/C14H15BrN4O2/c1-18(2)13(20)9-4-5-12(16-7-9)17-11-6-10(15)8-19(3)14(11)21/h4-8H,1-3H3,(H,16,17). The third-order valence-electron chi connectivity index (χ3n) is 2.83. The van der Waals surface area contributed by atoms with Gasteiger partial charge in [0.15, 0.2) is 0 Å². The zero-order valence-corrected chi connectivity index (χ0v) is 13.5. The van der Waals surface area contributed by atoms with Crippen molar-refractivity contribution >= 4 is 33.3 Å². The minimum atomic E-state index is -0.159. The van der Waals surface area contributed by atoms with Crippen LogP contribution in [0.2, 0.25) is 0 Å². The number of halogens is 1. The number of carbonyl (C=O) groups excluding carboxylic acids is 1. The highest BCUT2D eigenvalue weighted by molar-refractivity contribution is 9.10. The van der Waals surface area contributed by atoms with Crippen molar-refractivity contribution in [3.8, 4) is 0 Å². The van der Waals surface area contributed by atoms with Crippen molar-refractivity contribution in [3.05, 3.63) is 51.0 Å². The van der Waals surface area contributed by atoms with Gasteiger partial charge in [0.05, 0.1) is 5.56 Å². The van der Waals surface area contributed by atoms with Crippen molar-refractivity contribution in [2.45, 2.75) is 0 Å². The molecule has 2 aromatic heterocycles. The number of aryl methyl sites for hydroxylation is 1. The average molecular weight is 351 g/mol. The van der Waals surface area contributed by atoms with Crippen molar-refractivity contribution in [1.82, 2.24) is 14.5 Å². The summed E-state index contributed by atoms with van der Waals surface area (Å²) in [5.74, 6) is 0.382. The quantitative estimate of drug-likeness (QED) is 0.919. The molecule has 0 saturated carbocycles. The molecule has 0 radical (unpaired) electrons. The molecule has 0 atom stereocenters. The zero-order valence-electron chi connectivity index (χ0n) is 11.9. The number of amides is 1. The van der Waals surface area contributed by atoms with E-state index < -0.39 is 0 Å². The van der Waals surface area contributed by atoms with Gasteiger partial charge < -0.3 is 14.8 Å². The van der Waals surface area contributed by atoms with Crippen molar-refractivity contribution in [3.63, 3.8) is 0 Å². The Balaban J connectivity index is 2.25. The monoisotopic (exact) mass is 350 g/mol. The number of nitrogens with one attached hydrogen (secondary N) is 1. The molecule has 0 saturated heterocycles. The Kier molecular flexibility index (Phi) is 4.42. The summed E-state index contributed by atoms with van der Waals surface area (Å²) in [7, 11) is 5.03. The average Bonchev–Trinajstić information content (AvgIpc) is 2.44. The summed E-state index contributed by atoms with van der Waals surface area (Å²) in [5.41, 5.74) is 0.743. The third-order valence-corrected chi connectivity index (χ3v) is 3.26. The summed E-state index contributed by atoms with van der Waals surface area (Å²) < 4.78 is 2.25. The number of anilines is 2. The largest absolute Gasteiger partial charge is 0.345 e. The van der Waals surface area contributed by atoms with Crippen LogP contribution in [0.15, 0.2) is 39.9 Å². The van der Waals surface area contributed by atoms with Crippen LogP contribution in [0.5, 0.6) is 0 Å². The molecule has 0 aliphatic carbocycles. The molecule has 1 N–H and O–H groups in total. The minimum absolute atomic E-state index is 0.118. The fraction of sp³-hybridized carbons (Fsp3) is 0.214. The maximum absolute atomic E-state index is 12.0. The maximum Gasteiger partial charge on any atom is 0.274 e. The molecule has 2 aromatic rings. The van der Waals surface area contributed by atoms with E-state index in [0.717, 1.165) is 4.47 Å². The van der Waals surface area contributed by atoms with E-state index in [0.29, 0.717) is 17.1 Å². The van der Waals surface area contributed by atoms with Crippen LogP contribution in [0, 0.1) is 0 Å². The van der Waals surface area contributed by atoms with Crippen molar-refractivity contribution in [1.29, 1.82) is 0 Å². The van der Waals surface area contributed by atoms with Crippen molar-refractivity contribution in [2.75, 3.05) is 19.4 Å². The molecule has 0 bridgehead atoms. The molecule has 110 valence electrons. The Hall–Kier alpha value is -2.15. The highest BCUT2D eigenvalue weighted by Gasteiger charge is 2.09. The van der Waals surface area contributed by atoms with Crippen molar-refractivity contribution in [2.24, 2.45) is 7.05 Å². The Morgan fingerprint density at radius 3 is 2.67 bits per heavy atom. The number of aromatic nitrogens is 2. The highest BCUT2D eigenvalue weighted by Crippen LogP contribution is 2.16. The number of nitrogens with zero attached hydrogens (tertiary/aromatic N) is 3. The molecule has 6 nitrogen and oxygen atoms in total. The summed E-state index contributed by atoms with van der Waals surface area (Å²) in [4.78, 5) is 29.4. The van der Waals surface area contributed by atoms with Crippen LogP contribution in [-0.4, -0.2) is 34.5 Å². The molecule has 0 unspecified atom stereocenters. The molecule has 0 spiro atoms. The second-order valence-electron chi connectivity index (χ2n) is 4.74. The predicted molar refractivity (Wildman–Crippen MR) is 84.9 cm³/mol. The summed E-state index contributed by atoms with van der Waals surface area (Å²) in [6.45, 7) is 0. The molecule has 21 heavy (non-hydrogen) atoms. The van der Waals surface area contributed by atoms with Gasteiger partial charge in [-0.1, -0.05) is 0 Å². The molecule has 0 fully saturated rings. The van der Waals surface area contributed by atoms with E-state index in [1.807, 2.05) is 0 Å². The van der Waals surface area contributed by atoms with Crippen LogP contribution in [0.1, 0.15) is 10.4 Å². The smallest absolute Gasteiger partial charge is 0.274 e. The molecule has 2 rings (SSSR count). The van der Waals surface area contributed by atoms with Gasteiger partial charge in [-0.3, -0.25) is 9.59 Å². The SMILES string of the molecule is CN(C)C(=O)c1ccc(Nc2cc(Br)cn(C)c2=O)nc1. The molecule has 1 amide bonds. The first-order chi connectivity index (χ1) is 9.88. The minimum Gasteiger partial charge on any atom is -0.345 e. The van der Waals surface area contributed by atoms with E-state index in [2.05, 4.69) is 26.2 Å². The first-order valence-electron chi connectivity index (χ1n) is 6.19. The number of hydrogen-bond donors (Lipinski definition) is 1. The van der Waals surface area contributed by atoms with Gasteiger partial charge in [-0.2, -0.15) is 0 Å². The summed E-state index contributed by atoms with van der Waals surface area (Å²) in [5, 5.41) is 2.95. The third kappa shape index (κ3) is 3.49. The van der Waals surface area contributed by atoms with Crippen molar-refractivity contribution < 1.29 is 4.79 Å². The highest BCUT2D eigenvalue weighted by atomic mass is 79.9.